The summed E-state index contributed by atoms with van der Waals surface area (Å²) < 4.78 is 47.0. The van der Waals surface area contributed by atoms with Gasteiger partial charge in [-0.2, -0.15) is 0 Å². The van der Waals surface area contributed by atoms with Crippen molar-refractivity contribution in [3.63, 3.8) is 0 Å². The molecule has 1 aromatic carbocycles. The number of nitrogens with two attached hydrogens (primary N) is 1. The van der Waals surface area contributed by atoms with Crippen LogP contribution in [0.15, 0.2) is 24.3 Å². The molecule has 0 saturated heterocycles. The Morgan fingerprint density at radius 2 is 2.00 bits per heavy atom. The summed E-state index contributed by atoms with van der Waals surface area (Å²) in [4.78, 5) is 0. The van der Waals surface area contributed by atoms with Gasteiger partial charge in [-0.15, -0.1) is 13.2 Å². The van der Waals surface area contributed by atoms with Crippen LogP contribution in [-0.2, 0) is 4.74 Å². The summed E-state index contributed by atoms with van der Waals surface area (Å²) in [5.74, 6) is 5.30. The number of methoxy groups -OCH3 is 1. The highest BCUT2D eigenvalue weighted by molar-refractivity contribution is 5.36. The van der Waals surface area contributed by atoms with E-state index >= 15 is 0 Å². The van der Waals surface area contributed by atoms with Crippen LogP contribution >= 0.6 is 0 Å². The SMILES string of the molecule is COC1(CC(NN)c2ccccc2OC(F)(F)F)CCC1. The summed E-state index contributed by atoms with van der Waals surface area (Å²) in [6, 6.07) is 5.54. The number of ether oxygens (including phenoxy) is 2. The standard InChI is InChI=1S/C14H19F3N2O2/c1-20-13(7-4-8-13)9-11(19-18)10-5-2-3-6-12(10)21-14(15,16)17/h2-3,5-6,11,19H,4,7-9,18H2,1H3. The zero-order valence-electron chi connectivity index (χ0n) is 11.7. The van der Waals surface area contributed by atoms with E-state index in [0.29, 0.717) is 12.0 Å². The van der Waals surface area contributed by atoms with E-state index in [-0.39, 0.29) is 11.4 Å². The molecule has 4 nitrogen and oxygen atoms in total. The maximum atomic E-state index is 12.5. The van der Waals surface area contributed by atoms with Crippen LogP contribution in [0.25, 0.3) is 0 Å². The van der Waals surface area contributed by atoms with E-state index in [1.54, 1.807) is 19.2 Å². The minimum Gasteiger partial charge on any atom is -0.405 e. The van der Waals surface area contributed by atoms with Crippen LogP contribution in [0, 0.1) is 0 Å². The van der Waals surface area contributed by atoms with E-state index in [9.17, 15) is 13.2 Å². The summed E-state index contributed by atoms with van der Waals surface area (Å²) in [6.07, 6.45) is -1.43. The quantitative estimate of drug-likeness (QED) is 0.626. The van der Waals surface area contributed by atoms with Gasteiger partial charge in [0.2, 0.25) is 0 Å². The van der Waals surface area contributed by atoms with Crippen LogP contribution in [0.5, 0.6) is 5.75 Å². The van der Waals surface area contributed by atoms with E-state index < -0.39 is 12.4 Å². The Morgan fingerprint density at radius 1 is 1.33 bits per heavy atom. The van der Waals surface area contributed by atoms with Crippen molar-refractivity contribution in [3.8, 4) is 5.75 Å². The van der Waals surface area contributed by atoms with Gasteiger partial charge in [-0.05, 0) is 31.7 Å². The number of hydrazine groups is 1. The maximum absolute atomic E-state index is 12.5. The molecule has 0 aliphatic heterocycles. The van der Waals surface area contributed by atoms with Crippen LogP contribution < -0.4 is 16.0 Å². The molecule has 0 spiro atoms. The van der Waals surface area contributed by atoms with Gasteiger partial charge in [0.15, 0.2) is 0 Å². The zero-order valence-corrected chi connectivity index (χ0v) is 11.7. The molecule has 0 bridgehead atoms. The minimum absolute atomic E-state index is 0.237. The number of nitrogens with one attached hydrogen (secondary N) is 1. The van der Waals surface area contributed by atoms with E-state index in [4.69, 9.17) is 10.6 Å². The van der Waals surface area contributed by atoms with Crippen LogP contribution in [0.1, 0.15) is 37.3 Å². The monoisotopic (exact) mass is 304 g/mol. The summed E-state index contributed by atoms with van der Waals surface area (Å²) in [5.41, 5.74) is 2.63. The molecule has 1 aliphatic rings. The lowest BCUT2D eigenvalue weighted by Gasteiger charge is -2.42. The second-order valence-electron chi connectivity index (χ2n) is 5.25. The Labute approximate surface area is 121 Å². The number of para-hydroxylation sites is 1. The van der Waals surface area contributed by atoms with Gasteiger partial charge >= 0.3 is 6.36 Å². The lowest BCUT2D eigenvalue weighted by Crippen LogP contribution is -2.44. The molecule has 118 valence electrons. The van der Waals surface area contributed by atoms with Crippen molar-refractivity contribution in [2.24, 2.45) is 5.84 Å². The molecule has 0 aromatic heterocycles. The van der Waals surface area contributed by atoms with Crippen molar-refractivity contribution >= 4 is 0 Å². The van der Waals surface area contributed by atoms with Crippen LogP contribution in [0.3, 0.4) is 0 Å². The third-order valence-electron chi connectivity index (χ3n) is 4.00. The second-order valence-corrected chi connectivity index (χ2v) is 5.25. The lowest BCUT2D eigenvalue weighted by molar-refractivity contribution is -0.275. The van der Waals surface area contributed by atoms with E-state index in [2.05, 4.69) is 10.2 Å². The fourth-order valence-corrected chi connectivity index (χ4v) is 2.68. The first-order valence-corrected chi connectivity index (χ1v) is 6.75. The Hall–Kier alpha value is -1.31. The minimum atomic E-state index is -4.73. The molecule has 2 rings (SSSR count). The Bertz CT molecular complexity index is 470. The fourth-order valence-electron chi connectivity index (χ4n) is 2.68. The van der Waals surface area contributed by atoms with Crippen molar-refractivity contribution in [1.82, 2.24) is 5.43 Å². The van der Waals surface area contributed by atoms with Gasteiger partial charge in [0, 0.05) is 12.7 Å². The summed E-state index contributed by atoms with van der Waals surface area (Å²) in [7, 11) is 1.62. The summed E-state index contributed by atoms with van der Waals surface area (Å²) in [5, 5.41) is 0. The highest BCUT2D eigenvalue weighted by Gasteiger charge is 2.40. The molecule has 21 heavy (non-hydrogen) atoms. The Morgan fingerprint density at radius 3 is 2.48 bits per heavy atom. The summed E-state index contributed by atoms with van der Waals surface area (Å²) in [6.45, 7) is 0. The van der Waals surface area contributed by atoms with Crippen molar-refractivity contribution in [2.45, 2.75) is 43.7 Å². The Kier molecular flexibility index (Phi) is 4.75. The van der Waals surface area contributed by atoms with Gasteiger partial charge in [-0.1, -0.05) is 18.2 Å². The number of benzene rings is 1. The molecule has 1 atom stereocenters. The smallest absolute Gasteiger partial charge is 0.405 e. The molecule has 1 unspecified atom stereocenters. The third kappa shape index (κ3) is 3.87. The van der Waals surface area contributed by atoms with Gasteiger partial charge in [-0.3, -0.25) is 11.3 Å². The maximum Gasteiger partial charge on any atom is 0.573 e. The van der Waals surface area contributed by atoms with Crippen molar-refractivity contribution in [1.29, 1.82) is 0 Å². The van der Waals surface area contributed by atoms with Gasteiger partial charge < -0.3 is 9.47 Å². The van der Waals surface area contributed by atoms with Gasteiger partial charge in [-0.25, -0.2) is 0 Å². The number of halogens is 3. The van der Waals surface area contributed by atoms with E-state index in [0.717, 1.165) is 19.3 Å². The van der Waals surface area contributed by atoms with Gasteiger partial charge in [0.25, 0.3) is 0 Å². The molecule has 3 N–H and O–H groups in total. The first-order valence-electron chi connectivity index (χ1n) is 6.75. The molecular weight excluding hydrogens is 285 g/mol. The first kappa shape index (κ1) is 16.1. The number of alkyl halides is 3. The first-order chi connectivity index (χ1) is 9.89. The largest absolute Gasteiger partial charge is 0.573 e. The molecule has 1 saturated carbocycles. The normalized spacial score (nSPS) is 18.9. The van der Waals surface area contributed by atoms with Crippen molar-refractivity contribution < 1.29 is 22.6 Å². The van der Waals surface area contributed by atoms with E-state index in [1.807, 2.05) is 0 Å². The molecule has 1 aliphatic carbocycles. The van der Waals surface area contributed by atoms with Crippen LogP contribution in [0.4, 0.5) is 13.2 Å². The molecule has 7 heteroatoms. The predicted octanol–water partition coefficient (Wildman–Crippen LogP) is 3.05. The van der Waals surface area contributed by atoms with E-state index in [1.165, 1.54) is 12.1 Å². The highest BCUT2D eigenvalue weighted by atomic mass is 19.4. The van der Waals surface area contributed by atoms with Gasteiger partial charge in [0.1, 0.15) is 5.75 Å². The summed E-state index contributed by atoms with van der Waals surface area (Å²) >= 11 is 0. The lowest BCUT2D eigenvalue weighted by atomic mass is 9.74. The zero-order chi connectivity index (χ0) is 15.5. The molecule has 0 radical (unpaired) electrons. The van der Waals surface area contributed by atoms with Crippen molar-refractivity contribution in [2.75, 3.05) is 7.11 Å². The molecule has 1 aromatic rings. The van der Waals surface area contributed by atoms with Gasteiger partial charge in [0.05, 0.1) is 11.6 Å². The molecule has 0 amide bonds. The Balaban J connectivity index is 2.21. The molecular formula is C14H19F3N2O2. The van der Waals surface area contributed by atoms with Crippen LogP contribution in [0.2, 0.25) is 0 Å². The number of hydrogen-bond acceptors (Lipinski definition) is 4. The molecule has 0 heterocycles. The average molecular weight is 304 g/mol. The highest BCUT2D eigenvalue weighted by Crippen LogP contribution is 2.43. The third-order valence-corrected chi connectivity index (χ3v) is 4.00. The topological polar surface area (TPSA) is 56.5 Å². The predicted molar refractivity (Wildman–Crippen MR) is 71.4 cm³/mol. The average Bonchev–Trinajstić information content (AvgIpc) is 2.38. The number of hydrogen-bond donors (Lipinski definition) is 2. The number of rotatable bonds is 6. The van der Waals surface area contributed by atoms with Crippen molar-refractivity contribution in [3.05, 3.63) is 29.8 Å². The second kappa shape index (κ2) is 6.21. The van der Waals surface area contributed by atoms with Crippen LogP contribution in [-0.4, -0.2) is 19.1 Å². The molecule has 1 fully saturated rings. The fraction of sp³-hybridized carbons (Fsp3) is 0.571.